The lowest BCUT2D eigenvalue weighted by Crippen LogP contribution is -2.29. The predicted molar refractivity (Wildman–Crippen MR) is 53.8 cm³/mol. The summed E-state index contributed by atoms with van der Waals surface area (Å²) in [5, 5.41) is 9.58. The summed E-state index contributed by atoms with van der Waals surface area (Å²) in [7, 11) is 0. The Labute approximate surface area is 79.4 Å². The quantitative estimate of drug-likeness (QED) is 0.734. The number of hydrogen-bond donors (Lipinski definition) is 1. The van der Waals surface area contributed by atoms with Gasteiger partial charge in [0.25, 0.3) is 0 Å². The SMILES string of the molecule is CCc1ccccc1C1CCC1O. The summed E-state index contributed by atoms with van der Waals surface area (Å²) in [5.74, 6) is 0.413. The normalized spacial score (nSPS) is 26.9. The molecule has 0 aliphatic heterocycles. The number of hydrogen-bond acceptors (Lipinski definition) is 1. The molecule has 1 aromatic carbocycles. The van der Waals surface area contributed by atoms with Crippen molar-refractivity contribution in [2.75, 3.05) is 0 Å². The fraction of sp³-hybridized carbons (Fsp3) is 0.500. The van der Waals surface area contributed by atoms with E-state index in [1.807, 2.05) is 0 Å². The molecule has 1 aromatic rings. The molecule has 0 spiro atoms. The van der Waals surface area contributed by atoms with Crippen molar-refractivity contribution < 1.29 is 5.11 Å². The van der Waals surface area contributed by atoms with Gasteiger partial charge in [-0.15, -0.1) is 0 Å². The summed E-state index contributed by atoms with van der Waals surface area (Å²) in [6.07, 6.45) is 3.10. The zero-order chi connectivity index (χ0) is 9.26. The average Bonchev–Trinajstić information content (AvgIpc) is 2.16. The summed E-state index contributed by atoms with van der Waals surface area (Å²) < 4.78 is 0. The predicted octanol–water partition coefficient (Wildman–Crippen LogP) is 2.49. The van der Waals surface area contributed by atoms with E-state index in [0.717, 1.165) is 19.3 Å². The van der Waals surface area contributed by atoms with Gasteiger partial charge in [0, 0.05) is 5.92 Å². The van der Waals surface area contributed by atoms with Crippen molar-refractivity contribution in [2.24, 2.45) is 0 Å². The molecule has 2 atom stereocenters. The minimum absolute atomic E-state index is 0.0901. The third-order valence-corrected chi connectivity index (χ3v) is 3.07. The van der Waals surface area contributed by atoms with Crippen molar-refractivity contribution >= 4 is 0 Å². The second kappa shape index (κ2) is 3.51. The summed E-state index contributed by atoms with van der Waals surface area (Å²) in [5.41, 5.74) is 2.76. The molecule has 0 bridgehead atoms. The second-order valence-corrected chi connectivity index (χ2v) is 3.80. The molecular formula is C12H16O. The van der Waals surface area contributed by atoms with E-state index in [1.54, 1.807) is 0 Å². The van der Waals surface area contributed by atoms with Gasteiger partial charge in [0.15, 0.2) is 0 Å². The Balaban J connectivity index is 2.28. The summed E-state index contributed by atoms with van der Waals surface area (Å²) in [6, 6.07) is 8.47. The molecule has 1 aliphatic carbocycles. The summed E-state index contributed by atoms with van der Waals surface area (Å²) >= 11 is 0. The molecule has 0 aromatic heterocycles. The van der Waals surface area contributed by atoms with Gasteiger partial charge in [0.2, 0.25) is 0 Å². The zero-order valence-electron chi connectivity index (χ0n) is 8.03. The van der Waals surface area contributed by atoms with Crippen molar-refractivity contribution in [2.45, 2.75) is 38.2 Å². The third kappa shape index (κ3) is 1.49. The van der Waals surface area contributed by atoms with Gasteiger partial charge in [0.1, 0.15) is 0 Å². The van der Waals surface area contributed by atoms with Crippen LogP contribution in [0.5, 0.6) is 0 Å². The molecule has 1 saturated carbocycles. The van der Waals surface area contributed by atoms with Crippen LogP contribution in [0, 0.1) is 0 Å². The maximum atomic E-state index is 9.58. The maximum Gasteiger partial charge on any atom is 0.0609 e. The molecule has 70 valence electrons. The van der Waals surface area contributed by atoms with Crippen molar-refractivity contribution in [1.29, 1.82) is 0 Å². The van der Waals surface area contributed by atoms with E-state index in [4.69, 9.17) is 0 Å². The van der Waals surface area contributed by atoms with Gasteiger partial charge >= 0.3 is 0 Å². The second-order valence-electron chi connectivity index (χ2n) is 3.80. The Morgan fingerprint density at radius 3 is 2.62 bits per heavy atom. The van der Waals surface area contributed by atoms with E-state index in [1.165, 1.54) is 11.1 Å². The smallest absolute Gasteiger partial charge is 0.0609 e. The molecule has 1 aliphatic rings. The van der Waals surface area contributed by atoms with Crippen LogP contribution in [-0.4, -0.2) is 11.2 Å². The van der Waals surface area contributed by atoms with Gasteiger partial charge in [0.05, 0.1) is 6.10 Å². The van der Waals surface area contributed by atoms with Crippen LogP contribution in [0.25, 0.3) is 0 Å². The third-order valence-electron chi connectivity index (χ3n) is 3.07. The molecule has 1 fully saturated rings. The molecule has 0 amide bonds. The van der Waals surface area contributed by atoms with Gasteiger partial charge in [-0.3, -0.25) is 0 Å². The van der Waals surface area contributed by atoms with Crippen molar-refractivity contribution in [3.8, 4) is 0 Å². The molecule has 2 rings (SSSR count). The van der Waals surface area contributed by atoms with Crippen LogP contribution < -0.4 is 0 Å². The Morgan fingerprint density at radius 2 is 2.08 bits per heavy atom. The summed E-state index contributed by atoms with van der Waals surface area (Å²) in [4.78, 5) is 0. The van der Waals surface area contributed by atoms with Gasteiger partial charge in [-0.1, -0.05) is 31.2 Å². The van der Waals surface area contributed by atoms with Gasteiger partial charge in [-0.2, -0.15) is 0 Å². The van der Waals surface area contributed by atoms with Crippen LogP contribution in [0.1, 0.15) is 36.8 Å². The molecule has 0 heterocycles. The van der Waals surface area contributed by atoms with E-state index >= 15 is 0 Å². The molecule has 2 unspecified atom stereocenters. The summed E-state index contributed by atoms with van der Waals surface area (Å²) in [6.45, 7) is 2.17. The number of aliphatic hydroxyl groups excluding tert-OH is 1. The lowest BCUT2D eigenvalue weighted by molar-refractivity contribution is 0.0657. The largest absolute Gasteiger partial charge is 0.392 e. The van der Waals surface area contributed by atoms with Crippen LogP contribution in [-0.2, 0) is 6.42 Å². The number of aliphatic hydroxyl groups is 1. The Kier molecular flexibility index (Phi) is 2.36. The van der Waals surface area contributed by atoms with Crippen LogP contribution in [0.15, 0.2) is 24.3 Å². The van der Waals surface area contributed by atoms with Gasteiger partial charge in [-0.25, -0.2) is 0 Å². The van der Waals surface area contributed by atoms with Crippen molar-refractivity contribution in [1.82, 2.24) is 0 Å². The van der Waals surface area contributed by atoms with E-state index in [9.17, 15) is 5.11 Å². The lowest BCUT2D eigenvalue weighted by atomic mass is 9.75. The molecule has 1 N–H and O–H groups in total. The first kappa shape index (κ1) is 8.76. The fourth-order valence-corrected chi connectivity index (χ4v) is 2.06. The highest BCUT2D eigenvalue weighted by Crippen LogP contribution is 2.38. The molecule has 1 heteroatoms. The van der Waals surface area contributed by atoms with Crippen LogP contribution in [0.3, 0.4) is 0 Å². The Morgan fingerprint density at radius 1 is 1.31 bits per heavy atom. The highest BCUT2D eigenvalue weighted by atomic mass is 16.3. The molecule has 0 saturated heterocycles. The van der Waals surface area contributed by atoms with Gasteiger partial charge in [-0.05, 0) is 30.4 Å². The highest BCUT2D eigenvalue weighted by molar-refractivity contribution is 5.32. The highest BCUT2D eigenvalue weighted by Gasteiger charge is 2.31. The fourth-order valence-electron chi connectivity index (χ4n) is 2.06. The first-order chi connectivity index (χ1) is 6.33. The van der Waals surface area contributed by atoms with E-state index in [-0.39, 0.29) is 6.10 Å². The zero-order valence-corrected chi connectivity index (χ0v) is 8.03. The first-order valence-corrected chi connectivity index (χ1v) is 5.08. The van der Waals surface area contributed by atoms with Gasteiger partial charge < -0.3 is 5.11 Å². The molecule has 0 radical (unpaired) electrons. The standard InChI is InChI=1S/C12H16O/c1-2-9-5-3-4-6-10(9)11-7-8-12(11)13/h3-6,11-13H,2,7-8H2,1H3. The molecule has 13 heavy (non-hydrogen) atoms. The van der Waals surface area contributed by atoms with E-state index in [0.29, 0.717) is 5.92 Å². The average molecular weight is 176 g/mol. The van der Waals surface area contributed by atoms with Crippen LogP contribution >= 0.6 is 0 Å². The number of benzene rings is 1. The van der Waals surface area contributed by atoms with Crippen LogP contribution in [0.4, 0.5) is 0 Å². The van der Waals surface area contributed by atoms with E-state index < -0.39 is 0 Å². The Bertz CT molecular complexity index is 293. The van der Waals surface area contributed by atoms with Crippen molar-refractivity contribution in [3.05, 3.63) is 35.4 Å². The number of aryl methyl sites for hydroxylation is 1. The molecular weight excluding hydrogens is 160 g/mol. The van der Waals surface area contributed by atoms with Crippen LogP contribution in [0.2, 0.25) is 0 Å². The van der Waals surface area contributed by atoms with E-state index in [2.05, 4.69) is 31.2 Å². The molecule has 1 nitrogen and oxygen atoms in total. The lowest BCUT2D eigenvalue weighted by Gasteiger charge is -2.34. The topological polar surface area (TPSA) is 20.2 Å². The maximum absolute atomic E-state index is 9.58. The monoisotopic (exact) mass is 176 g/mol. The number of rotatable bonds is 2. The first-order valence-electron chi connectivity index (χ1n) is 5.08. The minimum Gasteiger partial charge on any atom is -0.392 e. The minimum atomic E-state index is -0.0901. The Hall–Kier alpha value is -0.820. The van der Waals surface area contributed by atoms with Crippen molar-refractivity contribution in [3.63, 3.8) is 0 Å².